The summed E-state index contributed by atoms with van der Waals surface area (Å²) in [5, 5.41) is 9.18. The quantitative estimate of drug-likeness (QED) is 0.398. The van der Waals surface area contributed by atoms with Crippen molar-refractivity contribution < 1.29 is 22.4 Å². The van der Waals surface area contributed by atoms with Crippen LogP contribution in [0.4, 0.5) is 29.1 Å². The Balaban J connectivity index is 1.63. The van der Waals surface area contributed by atoms with Crippen molar-refractivity contribution in [2.45, 2.75) is 24.7 Å². The second-order valence-corrected chi connectivity index (χ2v) is 8.31. The van der Waals surface area contributed by atoms with Gasteiger partial charge in [-0.3, -0.25) is 4.79 Å². The van der Waals surface area contributed by atoms with Gasteiger partial charge in [0.15, 0.2) is 11.7 Å². The number of carbonyl (C=O) groups is 1. The normalized spacial score (nSPS) is 18.3. The first-order valence-electron chi connectivity index (χ1n) is 9.06. The van der Waals surface area contributed by atoms with E-state index in [4.69, 9.17) is 11.6 Å². The van der Waals surface area contributed by atoms with Gasteiger partial charge in [-0.05, 0) is 35.9 Å². The molecule has 31 heavy (non-hydrogen) atoms. The Labute approximate surface area is 187 Å². The second-order valence-electron chi connectivity index (χ2n) is 6.98. The van der Waals surface area contributed by atoms with Crippen LogP contribution in [0.25, 0.3) is 0 Å². The molecule has 0 saturated heterocycles. The standard InChI is InChI=1S/C20H14BrClF4N4O/c21-11-3-1-10(2-4-11)15-8-17(20(24,25)26)30-18(28-15)9-16(29-30)19(31)27-12-5-6-13(22)14(23)7-12/h1-7,9,15,17,28H,8H2,(H,27,31)/t15-,17+/m0/s1. The minimum atomic E-state index is -4.57. The molecule has 0 unspecified atom stereocenters. The Morgan fingerprint density at radius 1 is 1.19 bits per heavy atom. The highest BCUT2D eigenvalue weighted by Gasteiger charge is 2.46. The molecule has 0 saturated carbocycles. The molecule has 0 bridgehead atoms. The number of anilines is 2. The number of carbonyl (C=O) groups excluding carboxylic acids is 1. The van der Waals surface area contributed by atoms with Crippen molar-refractivity contribution in [1.82, 2.24) is 9.78 Å². The van der Waals surface area contributed by atoms with E-state index < -0.39 is 30.0 Å². The molecule has 2 heterocycles. The number of benzene rings is 2. The van der Waals surface area contributed by atoms with E-state index in [1.807, 2.05) is 0 Å². The van der Waals surface area contributed by atoms with Crippen LogP contribution in [-0.4, -0.2) is 21.9 Å². The lowest BCUT2D eigenvalue weighted by Crippen LogP contribution is -2.35. The first kappa shape index (κ1) is 21.6. The van der Waals surface area contributed by atoms with Crippen LogP contribution >= 0.6 is 27.5 Å². The maximum absolute atomic E-state index is 13.8. The van der Waals surface area contributed by atoms with Crippen LogP contribution in [0.2, 0.25) is 5.02 Å². The van der Waals surface area contributed by atoms with Gasteiger partial charge in [-0.25, -0.2) is 9.07 Å². The molecular weight excluding hydrogens is 504 g/mol. The molecule has 4 rings (SSSR count). The number of hydrogen-bond acceptors (Lipinski definition) is 3. The number of alkyl halides is 3. The molecule has 0 radical (unpaired) electrons. The van der Waals surface area contributed by atoms with Crippen molar-refractivity contribution >= 4 is 44.9 Å². The summed E-state index contributed by atoms with van der Waals surface area (Å²) in [5.74, 6) is -1.44. The van der Waals surface area contributed by atoms with E-state index in [1.54, 1.807) is 24.3 Å². The zero-order chi connectivity index (χ0) is 22.3. The van der Waals surface area contributed by atoms with Gasteiger partial charge >= 0.3 is 6.18 Å². The average Bonchev–Trinajstić information content (AvgIpc) is 3.14. The van der Waals surface area contributed by atoms with E-state index >= 15 is 0 Å². The minimum absolute atomic E-state index is 0.0638. The third-order valence-electron chi connectivity index (χ3n) is 4.87. The van der Waals surface area contributed by atoms with Gasteiger partial charge in [-0.2, -0.15) is 18.3 Å². The molecule has 2 atom stereocenters. The molecule has 0 aliphatic carbocycles. The fraction of sp³-hybridized carbons (Fsp3) is 0.200. The molecule has 0 spiro atoms. The third kappa shape index (κ3) is 4.54. The topological polar surface area (TPSA) is 59.0 Å². The summed E-state index contributed by atoms with van der Waals surface area (Å²) in [6, 6.07) is 9.30. The summed E-state index contributed by atoms with van der Waals surface area (Å²) >= 11 is 8.92. The van der Waals surface area contributed by atoms with Crippen molar-refractivity contribution in [3.63, 3.8) is 0 Å². The van der Waals surface area contributed by atoms with Gasteiger partial charge < -0.3 is 10.6 Å². The number of aromatic nitrogens is 2. The van der Waals surface area contributed by atoms with E-state index in [9.17, 15) is 22.4 Å². The second kappa shape index (κ2) is 8.16. The maximum Gasteiger partial charge on any atom is 0.410 e. The van der Waals surface area contributed by atoms with Gasteiger partial charge in [0, 0.05) is 22.6 Å². The van der Waals surface area contributed by atoms with E-state index in [2.05, 4.69) is 31.7 Å². The van der Waals surface area contributed by atoms with E-state index in [0.717, 1.165) is 15.2 Å². The Morgan fingerprint density at radius 3 is 2.55 bits per heavy atom. The van der Waals surface area contributed by atoms with E-state index in [1.165, 1.54) is 18.2 Å². The Kier molecular flexibility index (Phi) is 5.69. The van der Waals surface area contributed by atoms with E-state index in [0.29, 0.717) is 5.56 Å². The highest BCUT2D eigenvalue weighted by atomic mass is 79.9. The van der Waals surface area contributed by atoms with Gasteiger partial charge in [0.2, 0.25) is 0 Å². The summed E-state index contributed by atoms with van der Waals surface area (Å²) in [7, 11) is 0. The Morgan fingerprint density at radius 2 is 1.90 bits per heavy atom. The first-order chi connectivity index (χ1) is 14.6. The first-order valence-corrected chi connectivity index (χ1v) is 10.2. The molecule has 1 aromatic heterocycles. The highest BCUT2D eigenvalue weighted by molar-refractivity contribution is 9.10. The molecule has 1 amide bonds. The van der Waals surface area contributed by atoms with Crippen LogP contribution < -0.4 is 10.6 Å². The summed E-state index contributed by atoms with van der Waals surface area (Å²) < 4.78 is 56.5. The van der Waals surface area contributed by atoms with Gasteiger partial charge in [0.05, 0.1) is 11.1 Å². The predicted molar refractivity (Wildman–Crippen MR) is 112 cm³/mol. The molecule has 0 fully saturated rings. The molecule has 1 aliphatic heterocycles. The van der Waals surface area contributed by atoms with Gasteiger partial charge in [-0.1, -0.05) is 39.7 Å². The molecule has 11 heteroatoms. The zero-order valence-electron chi connectivity index (χ0n) is 15.6. The third-order valence-corrected chi connectivity index (χ3v) is 5.71. The molecular formula is C20H14BrClF4N4O. The van der Waals surface area contributed by atoms with Crippen LogP contribution in [-0.2, 0) is 0 Å². The number of hydrogen-bond donors (Lipinski definition) is 2. The summed E-state index contributed by atoms with van der Waals surface area (Å²) in [6.07, 6.45) is -4.85. The van der Waals surface area contributed by atoms with E-state index in [-0.39, 0.29) is 28.6 Å². The van der Waals surface area contributed by atoms with Gasteiger partial charge in [0.25, 0.3) is 5.91 Å². The van der Waals surface area contributed by atoms with Crippen LogP contribution in [0.3, 0.4) is 0 Å². The van der Waals surface area contributed by atoms with Crippen molar-refractivity contribution in [3.05, 3.63) is 75.1 Å². The molecule has 5 nitrogen and oxygen atoms in total. The number of fused-ring (bicyclic) bond motifs is 1. The Bertz CT molecular complexity index is 1130. The maximum atomic E-state index is 13.8. The lowest BCUT2D eigenvalue weighted by atomic mass is 9.97. The van der Waals surface area contributed by atoms with Gasteiger partial charge in [0.1, 0.15) is 11.6 Å². The van der Waals surface area contributed by atoms with Crippen LogP contribution in [0, 0.1) is 5.82 Å². The SMILES string of the molecule is O=C(Nc1ccc(Cl)c(F)c1)c1cc2n(n1)[C@@H](C(F)(F)F)C[C@@H](c1ccc(Br)cc1)N2. The lowest BCUT2D eigenvalue weighted by molar-refractivity contribution is -0.173. The molecule has 2 aromatic carbocycles. The fourth-order valence-corrected chi connectivity index (χ4v) is 3.75. The molecule has 162 valence electrons. The molecule has 1 aliphatic rings. The number of nitrogens with one attached hydrogen (secondary N) is 2. The smallest absolute Gasteiger partial charge is 0.363 e. The fourth-order valence-electron chi connectivity index (χ4n) is 3.37. The lowest BCUT2D eigenvalue weighted by Gasteiger charge is -2.33. The van der Waals surface area contributed by atoms with Crippen molar-refractivity contribution in [3.8, 4) is 0 Å². The summed E-state index contributed by atoms with van der Waals surface area (Å²) in [5.41, 5.74) is 0.544. The average molecular weight is 518 g/mol. The Hall–Kier alpha value is -2.59. The molecule has 3 aromatic rings. The number of amides is 1. The van der Waals surface area contributed by atoms with Crippen LogP contribution in [0.5, 0.6) is 0 Å². The number of halogens is 6. The zero-order valence-corrected chi connectivity index (χ0v) is 17.9. The largest absolute Gasteiger partial charge is 0.410 e. The number of nitrogens with zero attached hydrogens (tertiary/aromatic N) is 2. The monoisotopic (exact) mass is 516 g/mol. The van der Waals surface area contributed by atoms with Gasteiger partial charge in [-0.15, -0.1) is 0 Å². The van der Waals surface area contributed by atoms with Crippen LogP contribution in [0.15, 0.2) is 53.0 Å². The van der Waals surface area contributed by atoms with Crippen LogP contribution in [0.1, 0.15) is 34.6 Å². The summed E-state index contributed by atoms with van der Waals surface area (Å²) in [4.78, 5) is 12.5. The van der Waals surface area contributed by atoms with Crippen molar-refractivity contribution in [1.29, 1.82) is 0 Å². The number of rotatable bonds is 3. The molecule has 2 N–H and O–H groups in total. The highest BCUT2D eigenvalue weighted by Crippen LogP contribution is 2.43. The van der Waals surface area contributed by atoms with Crippen molar-refractivity contribution in [2.24, 2.45) is 0 Å². The summed E-state index contributed by atoms with van der Waals surface area (Å²) in [6.45, 7) is 0. The predicted octanol–water partition coefficient (Wildman–Crippen LogP) is 6.35. The minimum Gasteiger partial charge on any atom is -0.363 e. The van der Waals surface area contributed by atoms with Crippen molar-refractivity contribution in [2.75, 3.05) is 10.6 Å².